The van der Waals surface area contributed by atoms with Crippen molar-refractivity contribution >= 4 is 5.84 Å². The summed E-state index contributed by atoms with van der Waals surface area (Å²) >= 11 is 0. The van der Waals surface area contributed by atoms with Crippen LogP contribution in [0.25, 0.3) is 0 Å². The number of nitrogens with zero attached hydrogens (tertiary/aromatic N) is 1. The summed E-state index contributed by atoms with van der Waals surface area (Å²) < 4.78 is 0. The van der Waals surface area contributed by atoms with Crippen molar-refractivity contribution in [1.82, 2.24) is 5.32 Å². The molecule has 1 aliphatic heterocycles. The maximum Gasteiger partial charge on any atom is 0.0978 e. The number of aliphatic imine (C=N–C) groups is 1. The van der Waals surface area contributed by atoms with E-state index in [1.54, 1.807) is 0 Å². The molecule has 0 unspecified atom stereocenters. The second kappa shape index (κ2) is 1.37. The smallest absolute Gasteiger partial charge is 0.0978 e. The molecule has 0 spiro atoms. The molecule has 0 fully saturated rings. The molecule has 0 saturated carbocycles. The molecule has 1 N–H and O–H groups in total. The Kier molecular flexibility index (Phi) is 0.855. The molecular formula is C5H8N2. The Hall–Kier alpha value is -0.790. The highest BCUT2D eigenvalue weighted by atomic mass is 15.1. The van der Waals surface area contributed by atoms with Crippen LogP contribution in [0, 0.1) is 0 Å². The number of hydrogen-bond donors (Lipinski definition) is 1. The van der Waals surface area contributed by atoms with E-state index in [4.69, 9.17) is 0 Å². The molecule has 2 heteroatoms. The van der Waals surface area contributed by atoms with Gasteiger partial charge in [0.1, 0.15) is 0 Å². The fraction of sp³-hybridized carbons (Fsp3) is 0.400. The topological polar surface area (TPSA) is 24.4 Å². The lowest BCUT2D eigenvalue weighted by atomic mass is 10.5. The van der Waals surface area contributed by atoms with Crippen LogP contribution >= 0.6 is 0 Å². The fourth-order valence-electron chi connectivity index (χ4n) is 0.549. The lowest BCUT2D eigenvalue weighted by Crippen LogP contribution is -2.11. The molecule has 0 aromatic rings. The Morgan fingerprint density at radius 3 is 2.71 bits per heavy atom. The molecule has 1 aliphatic rings. The second-order valence-corrected chi connectivity index (χ2v) is 1.63. The Morgan fingerprint density at radius 1 is 1.86 bits per heavy atom. The van der Waals surface area contributed by atoms with Crippen LogP contribution in [0.1, 0.15) is 6.92 Å². The van der Waals surface area contributed by atoms with Crippen LogP contribution in [0.5, 0.6) is 0 Å². The zero-order valence-electron chi connectivity index (χ0n) is 4.36. The van der Waals surface area contributed by atoms with Gasteiger partial charge in [-0.1, -0.05) is 6.58 Å². The molecule has 0 amide bonds. The van der Waals surface area contributed by atoms with Gasteiger partial charge in [0.15, 0.2) is 0 Å². The van der Waals surface area contributed by atoms with Crippen LogP contribution < -0.4 is 5.32 Å². The molecule has 38 valence electrons. The third-order valence-electron chi connectivity index (χ3n) is 0.865. The first-order valence-corrected chi connectivity index (χ1v) is 2.25. The van der Waals surface area contributed by atoms with Gasteiger partial charge in [-0.05, 0) is 6.92 Å². The standard InChI is InChI=1S/C5H8N2/c1-4-3-6-5(2)7-4/h1,3H2,2H3,(H,6,7). The lowest BCUT2D eigenvalue weighted by molar-refractivity contribution is 1.12. The van der Waals surface area contributed by atoms with Gasteiger partial charge < -0.3 is 5.32 Å². The number of nitrogens with one attached hydrogen (secondary N) is 1. The van der Waals surface area contributed by atoms with Crippen molar-refractivity contribution in [2.45, 2.75) is 6.92 Å². The number of hydrogen-bond acceptors (Lipinski definition) is 2. The van der Waals surface area contributed by atoms with Crippen LogP contribution in [0.3, 0.4) is 0 Å². The second-order valence-electron chi connectivity index (χ2n) is 1.63. The summed E-state index contributed by atoms with van der Waals surface area (Å²) in [5.74, 6) is 0.977. The first-order chi connectivity index (χ1) is 3.29. The molecule has 0 bridgehead atoms. The van der Waals surface area contributed by atoms with Gasteiger partial charge >= 0.3 is 0 Å². The summed E-state index contributed by atoms with van der Waals surface area (Å²) in [5, 5.41) is 2.97. The maximum atomic E-state index is 4.02. The predicted octanol–water partition coefficient (Wildman–Crippen LogP) is 0.522. The molecule has 1 rings (SSSR count). The van der Waals surface area contributed by atoms with Crippen LogP contribution in [-0.4, -0.2) is 12.4 Å². The molecule has 0 radical (unpaired) electrons. The Balaban J connectivity index is 2.58. The SMILES string of the molecule is C=C1CN=C(C)N1. The highest BCUT2D eigenvalue weighted by Gasteiger charge is 1.99. The fourth-order valence-corrected chi connectivity index (χ4v) is 0.549. The normalized spacial score (nSPS) is 19.0. The van der Waals surface area contributed by atoms with Gasteiger partial charge in [-0.2, -0.15) is 0 Å². The summed E-state index contributed by atoms with van der Waals surface area (Å²) in [5.41, 5.74) is 0.998. The molecule has 0 aromatic carbocycles. The van der Waals surface area contributed by atoms with Crippen LogP contribution in [0.15, 0.2) is 17.3 Å². The zero-order chi connectivity index (χ0) is 5.28. The van der Waals surface area contributed by atoms with Gasteiger partial charge in [-0.3, -0.25) is 4.99 Å². The van der Waals surface area contributed by atoms with Crippen molar-refractivity contribution in [2.75, 3.05) is 6.54 Å². The van der Waals surface area contributed by atoms with Crippen molar-refractivity contribution in [3.8, 4) is 0 Å². The minimum Gasteiger partial charge on any atom is -0.347 e. The maximum absolute atomic E-state index is 4.02. The van der Waals surface area contributed by atoms with E-state index in [2.05, 4.69) is 16.9 Å². The highest BCUT2D eigenvalue weighted by Crippen LogP contribution is 1.93. The Labute approximate surface area is 42.9 Å². The third kappa shape index (κ3) is 0.796. The van der Waals surface area contributed by atoms with Crippen LogP contribution in [-0.2, 0) is 0 Å². The van der Waals surface area contributed by atoms with Gasteiger partial charge in [-0.15, -0.1) is 0 Å². The Bertz CT molecular complexity index is 124. The average Bonchev–Trinajstić information content (AvgIpc) is 1.87. The minimum absolute atomic E-state index is 0.756. The van der Waals surface area contributed by atoms with E-state index in [-0.39, 0.29) is 0 Å². The zero-order valence-corrected chi connectivity index (χ0v) is 4.36. The molecule has 0 aliphatic carbocycles. The van der Waals surface area contributed by atoms with Gasteiger partial charge in [0, 0.05) is 5.70 Å². The largest absolute Gasteiger partial charge is 0.347 e. The number of amidine groups is 1. The van der Waals surface area contributed by atoms with Crippen molar-refractivity contribution in [3.63, 3.8) is 0 Å². The molecule has 0 saturated heterocycles. The molecule has 1 heterocycles. The van der Waals surface area contributed by atoms with Crippen molar-refractivity contribution in [1.29, 1.82) is 0 Å². The monoisotopic (exact) mass is 96.1 g/mol. The highest BCUT2D eigenvalue weighted by molar-refractivity contribution is 5.83. The van der Waals surface area contributed by atoms with E-state index in [0.29, 0.717) is 0 Å². The molecular weight excluding hydrogens is 88.1 g/mol. The van der Waals surface area contributed by atoms with Gasteiger partial charge in [0.25, 0.3) is 0 Å². The van der Waals surface area contributed by atoms with E-state index in [0.717, 1.165) is 18.1 Å². The van der Waals surface area contributed by atoms with Gasteiger partial charge in [0.05, 0.1) is 12.4 Å². The average molecular weight is 96.1 g/mol. The van der Waals surface area contributed by atoms with E-state index in [9.17, 15) is 0 Å². The summed E-state index contributed by atoms with van der Waals surface area (Å²) in [6, 6.07) is 0. The minimum atomic E-state index is 0.756. The summed E-state index contributed by atoms with van der Waals surface area (Å²) in [6.45, 7) is 6.36. The molecule has 7 heavy (non-hydrogen) atoms. The predicted molar refractivity (Wildman–Crippen MR) is 30.3 cm³/mol. The number of rotatable bonds is 0. The van der Waals surface area contributed by atoms with Crippen molar-refractivity contribution < 1.29 is 0 Å². The van der Waals surface area contributed by atoms with Crippen LogP contribution in [0.2, 0.25) is 0 Å². The third-order valence-corrected chi connectivity index (χ3v) is 0.865. The summed E-state index contributed by atoms with van der Waals surface area (Å²) in [7, 11) is 0. The van der Waals surface area contributed by atoms with E-state index < -0.39 is 0 Å². The Morgan fingerprint density at radius 2 is 2.57 bits per heavy atom. The summed E-state index contributed by atoms with van der Waals surface area (Å²) in [6.07, 6.45) is 0. The molecule has 0 atom stereocenters. The quantitative estimate of drug-likeness (QED) is 0.467. The molecule has 0 aromatic heterocycles. The van der Waals surface area contributed by atoms with Gasteiger partial charge in [0.2, 0.25) is 0 Å². The van der Waals surface area contributed by atoms with E-state index >= 15 is 0 Å². The first-order valence-electron chi connectivity index (χ1n) is 2.25. The van der Waals surface area contributed by atoms with E-state index in [1.807, 2.05) is 6.92 Å². The van der Waals surface area contributed by atoms with E-state index in [1.165, 1.54) is 0 Å². The molecule has 2 nitrogen and oxygen atoms in total. The van der Waals surface area contributed by atoms with Gasteiger partial charge in [-0.25, -0.2) is 0 Å². The van der Waals surface area contributed by atoms with Crippen LogP contribution in [0.4, 0.5) is 0 Å². The van der Waals surface area contributed by atoms with Crippen molar-refractivity contribution in [2.24, 2.45) is 4.99 Å². The lowest BCUT2D eigenvalue weighted by Gasteiger charge is -1.90. The summed E-state index contributed by atoms with van der Waals surface area (Å²) in [4.78, 5) is 4.02. The van der Waals surface area contributed by atoms with Crippen molar-refractivity contribution in [3.05, 3.63) is 12.3 Å². The first kappa shape index (κ1) is 4.37.